The molecular formula is C16H23F2N3O2. The van der Waals surface area contributed by atoms with Gasteiger partial charge < -0.3 is 20.5 Å². The van der Waals surface area contributed by atoms with Crippen LogP contribution in [-0.2, 0) is 11.3 Å². The van der Waals surface area contributed by atoms with Gasteiger partial charge in [0.25, 0.3) is 0 Å². The number of halogens is 2. The van der Waals surface area contributed by atoms with Crippen LogP contribution in [-0.4, -0.2) is 26.5 Å². The predicted octanol–water partition coefficient (Wildman–Crippen LogP) is 2.71. The summed E-state index contributed by atoms with van der Waals surface area (Å²) in [6.45, 7) is 2.63. The van der Waals surface area contributed by atoms with E-state index in [1.807, 2.05) is 0 Å². The summed E-state index contributed by atoms with van der Waals surface area (Å²) in [7, 11) is 3.07. The summed E-state index contributed by atoms with van der Waals surface area (Å²) < 4.78 is 37.2. The molecule has 0 heterocycles. The van der Waals surface area contributed by atoms with Crippen LogP contribution in [0.3, 0.4) is 0 Å². The van der Waals surface area contributed by atoms with Gasteiger partial charge in [-0.2, -0.15) is 0 Å². The maximum Gasteiger partial charge on any atom is 0.177 e. The molecule has 0 amide bonds. The van der Waals surface area contributed by atoms with Crippen molar-refractivity contribution >= 4 is 5.84 Å². The van der Waals surface area contributed by atoms with Crippen LogP contribution < -0.4 is 15.8 Å². The first-order chi connectivity index (χ1) is 11.0. The molecule has 0 spiro atoms. The van der Waals surface area contributed by atoms with E-state index in [9.17, 15) is 8.78 Å². The van der Waals surface area contributed by atoms with E-state index in [4.69, 9.17) is 15.2 Å². The van der Waals surface area contributed by atoms with E-state index in [-0.39, 0.29) is 18.2 Å². The quantitative estimate of drug-likeness (QED) is 0.317. The Kier molecular flexibility index (Phi) is 7.87. The number of ether oxygens (including phenoxy) is 2. The Balaban J connectivity index is 2.86. The van der Waals surface area contributed by atoms with Crippen molar-refractivity contribution in [2.75, 3.05) is 20.7 Å². The number of methoxy groups -OCH3 is 1. The third kappa shape index (κ3) is 5.77. The highest BCUT2D eigenvalue weighted by molar-refractivity contribution is 5.94. The highest BCUT2D eigenvalue weighted by Crippen LogP contribution is 2.23. The van der Waals surface area contributed by atoms with Gasteiger partial charge in [0.05, 0.1) is 7.11 Å². The molecule has 0 atom stereocenters. The van der Waals surface area contributed by atoms with Crippen LogP contribution in [0.1, 0.15) is 25.3 Å². The average molecular weight is 327 g/mol. The fourth-order valence-corrected chi connectivity index (χ4v) is 1.78. The zero-order valence-corrected chi connectivity index (χ0v) is 13.7. The average Bonchev–Trinajstić information content (AvgIpc) is 2.54. The Bertz CT molecular complexity index is 575. The topological polar surface area (TPSA) is 68.9 Å². The molecular weight excluding hydrogens is 304 g/mol. The Morgan fingerprint density at radius 2 is 2.04 bits per heavy atom. The molecule has 0 aliphatic rings. The molecule has 1 aromatic rings. The van der Waals surface area contributed by atoms with Gasteiger partial charge in [-0.3, -0.25) is 4.99 Å². The number of rotatable bonds is 9. The molecule has 0 aromatic heterocycles. The summed E-state index contributed by atoms with van der Waals surface area (Å²) in [6.07, 6.45) is 3.48. The predicted molar refractivity (Wildman–Crippen MR) is 86.2 cm³/mol. The van der Waals surface area contributed by atoms with Gasteiger partial charge in [-0.1, -0.05) is 13.3 Å². The van der Waals surface area contributed by atoms with E-state index in [0.717, 1.165) is 25.0 Å². The highest BCUT2D eigenvalue weighted by atomic mass is 19.2. The van der Waals surface area contributed by atoms with Crippen LogP contribution in [0.5, 0.6) is 5.75 Å². The maximum atomic E-state index is 13.4. The Morgan fingerprint density at radius 3 is 2.65 bits per heavy atom. The van der Waals surface area contributed by atoms with Gasteiger partial charge in [-0.15, -0.1) is 0 Å². The van der Waals surface area contributed by atoms with E-state index >= 15 is 0 Å². The third-order valence-electron chi connectivity index (χ3n) is 3.03. The number of unbranched alkanes of at least 4 members (excludes halogenated alkanes) is 1. The van der Waals surface area contributed by atoms with Crippen LogP contribution in [0.15, 0.2) is 29.1 Å². The number of benzene rings is 1. The number of amidine groups is 1. The first kappa shape index (κ1) is 18.7. The van der Waals surface area contributed by atoms with E-state index in [2.05, 4.69) is 17.2 Å². The van der Waals surface area contributed by atoms with Crippen LogP contribution in [0.4, 0.5) is 8.78 Å². The molecule has 0 saturated carbocycles. The van der Waals surface area contributed by atoms with Crippen molar-refractivity contribution in [2.24, 2.45) is 10.7 Å². The zero-order chi connectivity index (χ0) is 17.2. The minimum Gasteiger partial charge on any atom is -0.496 e. The molecule has 128 valence electrons. The fourth-order valence-electron chi connectivity index (χ4n) is 1.78. The lowest BCUT2D eigenvalue weighted by molar-refractivity contribution is 0.210. The van der Waals surface area contributed by atoms with Crippen LogP contribution in [0, 0.1) is 11.6 Å². The number of nitrogens with zero attached hydrogens (tertiary/aromatic N) is 1. The molecule has 0 radical (unpaired) electrons. The maximum absolute atomic E-state index is 13.4. The number of nitrogens with two attached hydrogens (primary N) is 1. The lowest BCUT2D eigenvalue weighted by Crippen LogP contribution is -2.20. The van der Waals surface area contributed by atoms with Crippen molar-refractivity contribution < 1.29 is 18.3 Å². The number of hydrogen-bond acceptors (Lipinski definition) is 4. The smallest absolute Gasteiger partial charge is 0.177 e. The molecule has 1 rings (SSSR count). The molecule has 0 bridgehead atoms. The number of nitrogens with one attached hydrogen (secondary N) is 1. The summed E-state index contributed by atoms with van der Waals surface area (Å²) in [5, 5.41) is 2.81. The van der Waals surface area contributed by atoms with Crippen molar-refractivity contribution in [2.45, 2.75) is 26.4 Å². The number of hydrogen-bond donors (Lipinski definition) is 2. The Hall–Kier alpha value is -2.31. The van der Waals surface area contributed by atoms with Crippen LogP contribution >= 0.6 is 0 Å². The fraction of sp³-hybridized carbons (Fsp3) is 0.438. The minimum absolute atomic E-state index is 0.0299. The van der Waals surface area contributed by atoms with Crippen molar-refractivity contribution in [1.82, 2.24) is 5.32 Å². The summed E-state index contributed by atoms with van der Waals surface area (Å²) in [6, 6.07) is 2.02. The third-order valence-corrected chi connectivity index (χ3v) is 3.03. The van der Waals surface area contributed by atoms with E-state index in [1.54, 1.807) is 13.2 Å². The monoisotopic (exact) mass is 327 g/mol. The van der Waals surface area contributed by atoms with Gasteiger partial charge in [0.2, 0.25) is 0 Å². The van der Waals surface area contributed by atoms with Crippen molar-refractivity contribution in [1.29, 1.82) is 0 Å². The van der Waals surface area contributed by atoms with Gasteiger partial charge in [0.1, 0.15) is 12.4 Å². The van der Waals surface area contributed by atoms with E-state index in [0.29, 0.717) is 17.9 Å². The molecule has 0 fully saturated rings. The highest BCUT2D eigenvalue weighted by Gasteiger charge is 2.12. The van der Waals surface area contributed by atoms with Gasteiger partial charge in [-0.05, 0) is 12.5 Å². The molecule has 0 unspecified atom stereocenters. The molecule has 0 aliphatic carbocycles. The summed E-state index contributed by atoms with van der Waals surface area (Å²) in [5.74, 6) is -1.16. The van der Waals surface area contributed by atoms with E-state index in [1.165, 1.54) is 7.11 Å². The zero-order valence-electron chi connectivity index (χ0n) is 13.7. The molecule has 1 aromatic carbocycles. The second kappa shape index (κ2) is 9.66. The first-order valence-corrected chi connectivity index (χ1v) is 7.35. The Labute approximate surface area is 135 Å². The molecule has 5 nitrogen and oxygen atoms in total. The van der Waals surface area contributed by atoms with Crippen molar-refractivity contribution in [3.63, 3.8) is 0 Å². The molecule has 3 N–H and O–H groups in total. The standard InChI is InChI=1S/C16H23F2N3O2/c1-4-5-6-21-16(19)15(9-20-2)23-10-11-7-12(17)13(18)8-14(11)22-3/h7-9,20H,4-6,10H2,1-3H3,(H2,19,21)/b15-9+. The van der Waals surface area contributed by atoms with Crippen LogP contribution in [0.2, 0.25) is 0 Å². The molecule has 0 aliphatic heterocycles. The molecule has 7 heteroatoms. The molecule has 23 heavy (non-hydrogen) atoms. The van der Waals surface area contributed by atoms with Crippen molar-refractivity contribution in [3.05, 3.63) is 41.3 Å². The minimum atomic E-state index is -0.975. The van der Waals surface area contributed by atoms with Gasteiger partial charge in [0.15, 0.2) is 23.2 Å². The second-order valence-corrected chi connectivity index (χ2v) is 4.78. The summed E-state index contributed by atoms with van der Waals surface area (Å²) >= 11 is 0. The van der Waals surface area contributed by atoms with Gasteiger partial charge in [0, 0.05) is 31.4 Å². The lowest BCUT2D eigenvalue weighted by Gasteiger charge is -2.13. The normalized spacial score (nSPS) is 12.2. The lowest BCUT2D eigenvalue weighted by atomic mass is 10.2. The van der Waals surface area contributed by atoms with Crippen molar-refractivity contribution in [3.8, 4) is 5.75 Å². The van der Waals surface area contributed by atoms with Gasteiger partial charge >= 0.3 is 0 Å². The molecule has 0 saturated heterocycles. The number of aliphatic imine (C=N–C) groups is 1. The first-order valence-electron chi connectivity index (χ1n) is 7.35. The largest absolute Gasteiger partial charge is 0.496 e. The van der Waals surface area contributed by atoms with Gasteiger partial charge in [-0.25, -0.2) is 8.78 Å². The second-order valence-electron chi connectivity index (χ2n) is 4.78. The summed E-state index contributed by atoms with van der Waals surface area (Å²) in [5.41, 5.74) is 6.26. The summed E-state index contributed by atoms with van der Waals surface area (Å²) in [4.78, 5) is 4.22. The van der Waals surface area contributed by atoms with Crippen LogP contribution in [0.25, 0.3) is 0 Å². The Morgan fingerprint density at radius 1 is 1.35 bits per heavy atom. The van der Waals surface area contributed by atoms with E-state index < -0.39 is 11.6 Å². The SMILES string of the molecule is CCCCN=C(N)/C(=C\NC)OCc1cc(F)c(F)cc1OC.